The maximum atomic E-state index is 12.4. The van der Waals surface area contributed by atoms with Crippen molar-refractivity contribution >= 4 is 37.8 Å². The summed E-state index contributed by atoms with van der Waals surface area (Å²) in [6.45, 7) is 3.14. The Kier molecular flexibility index (Phi) is 6.80. The molecule has 0 aliphatic heterocycles. The summed E-state index contributed by atoms with van der Waals surface area (Å²) in [7, 11) is -3.51. The lowest BCUT2D eigenvalue weighted by Crippen LogP contribution is -2.25. The number of imidazole rings is 1. The van der Waals surface area contributed by atoms with Crippen molar-refractivity contribution in [3.63, 3.8) is 0 Å². The number of unbranched alkanes of at least 4 members (excludes halogenated alkanes) is 2. The molecular formula is C24H29N5O3S. The largest absolute Gasteiger partial charge is 0.508 e. The van der Waals surface area contributed by atoms with E-state index in [1.54, 1.807) is 48.5 Å². The van der Waals surface area contributed by atoms with Gasteiger partial charge in [-0.3, -0.25) is 0 Å². The Hall–Kier alpha value is -3.17. The number of fused-ring (bicyclic) bond motifs is 3. The quantitative estimate of drug-likeness (QED) is 0.303. The van der Waals surface area contributed by atoms with Crippen molar-refractivity contribution < 1.29 is 13.5 Å². The van der Waals surface area contributed by atoms with Gasteiger partial charge in [-0.25, -0.2) is 23.1 Å². The molecule has 4 N–H and O–H groups in total. The third-order valence-electron chi connectivity index (χ3n) is 5.67. The molecule has 0 saturated carbocycles. The van der Waals surface area contributed by atoms with E-state index in [2.05, 4.69) is 21.2 Å². The highest BCUT2D eigenvalue weighted by Crippen LogP contribution is 2.31. The fraction of sp³-hybridized carbons (Fsp3) is 0.333. The van der Waals surface area contributed by atoms with Crippen LogP contribution in [-0.4, -0.2) is 34.6 Å². The van der Waals surface area contributed by atoms with Crippen molar-refractivity contribution in [1.82, 2.24) is 19.3 Å². The van der Waals surface area contributed by atoms with Crippen LogP contribution in [0.15, 0.2) is 53.4 Å². The second-order valence-corrected chi connectivity index (χ2v) is 9.86. The lowest BCUT2D eigenvalue weighted by molar-refractivity contribution is 0.476. The van der Waals surface area contributed by atoms with E-state index in [1.807, 2.05) is 0 Å². The van der Waals surface area contributed by atoms with Crippen molar-refractivity contribution in [1.29, 1.82) is 0 Å². The molecule has 9 heteroatoms. The summed E-state index contributed by atoms with van der Waals surface area (Å²) < 4.78 is 29.7. The van der Waals surface area contributed by atoms with Crippen molar-refractivity contribution in [2.75, 3.05) is 12.3 Å². The lowest BCUT2D eigenvalue weighted by atomic mass is 10.1. The number of pyridine rings is 1. The summed E-state index contributed by atoms with van der Waals surface area (Å²) in [6, 6.07) is 13.4. The van der Waals surface area contributed by atoms with E-state index in [0.717, 1.165) is 42.4 Å². The fourth-order valence-corrected chi connectivity index (χ4v) is 5.09. The molecule has 0 aliphatic carbocycles. The minimum atomic E-state index is -3.51. The molecule has 174 valence electrons. The van der Waals surface area contributed by atoms with Gasteiger partial charge in [0.25, 0.3) is 0 Å². The number of aryl methyl sites for hydroxylation is 2. The molecule has 0 unspecified atom stereocenters. The number of anilines is 1. The van der Waals surface area contributed by atoms with Gasteiger partial charge >= 0.3 is 0 Å². The second kappa shape index (κ2) is 9.76. The molecule has 4 rings (SSSR count). The number of aromatic hydroxyl groups is 1. The number of phenolic OH excluding ortho intramolecular Hbond substituents is 1. The van der Waals surface area contributed by atoms with Crippen LogP contribution in [0.4, 0.5) is 5.82 Å². The number of nitrogens with one attached hydrogen (secondary N) is 1. The van der Waals surface area contributed by atoms with Crippen molar-refractivity contribution in [2.45, 2.75) is 50.5 Å². The zero-order valence-corrected chi connectivity index (χ0v) is 19.5. The topological polar surface area (TPSA) is 123 Å². The van der Waals surface area contributed by atoms with Gasteiger partial charge in [0, 0.05) is 24.9 Å². The molecule has 0 amide bonds. The number of rotatable bonds is 10. The number of hydrogen-bond acceptors (Lipinski definition) is 6. The van der Waals surface area contributed by atoms with Gasteiger partial charge in [-0.1, -0.05) is 31.5 Å². The smallest absolute Gasteiger partial charge is 0.240 e. The van der Waals surface area contributed by atoms with Crippen molar-refractivity contribution in [2.24, 2.45) is 0 Å². The Balaban J connectivity index is 1.56. The SMILES string of the molecule is CCCCc1nc2c(N)nc3ccc(O)cc3c2n1CCCCNS(=O)(=O)c1ccccc1. The molecule has 4 aromatic rings. The molecule has 0 radical (unpaired) electrons. The monoisotopic (exact) mass is 467 g/mol. The second-order valence-electron chi connectivity index (χ2n) is 8.10. The van der Waals surface area contributed by atoms with Crippen molar-refractivity contribution in [3.8, 4) is 5.75 Å². The molecule has 2 heterocycles. The first-order valence-electron chi connectivity index (χ1n) is 11.2. The Labute approximate surface area is 193 Å². The normalized spacial score (nSPS) is 12.0. The third-order valence-corrected chi connectivity index (χ3v) is 7.15. The van der Waals surface area contributed by atoms with Gasteiger partial charge in [0.05, 0.1) is 15.9 Å². The number of nitrogen functional groups attached to an aromatic ring is 1. The predicted molar refractivity (Wildman–Crippen MR) is 131 cm³/mol. The van der Waals surface area contributed by atoms with E-state index < -0.39 is 10.0 Å². The third kappa shape index (κ3) is 4.94. The molecule has 0 atom stereocenters. The first-order chi connectivity index (χ1) is 15.9. The molecule has 0 spiro atoms. The zero-order chi connectivity index (χ0) is 23.4. The number of benzene rings is 2. The van der Waals surface area contributed by atoms with E-state index in [0.29, 0.717) is 36.4 Å². The summed E-state index contributed by atoms with van der Waals surface area (Å²) in [4.78, 5) is 9.51. The molecule has 33 heavy (non-hydrogen) atoms. The average Bonchev–Trinajstić information content (AvgIpc) is 3.18. The molecule has 8 nitrogen and oxygen atoms in total. The van der Waals surface area contributed by atoms with Crippen LogP contribution in [0.3, 0.4) is 0 Å². The van der Waals surface area contributed by atoms with Crippen LogP contribution < -0.4 is 10.5 Å². The van der Waals surface area contributed by atoms with Crippen LogP contribution in [0, 0.1) is 0 Å². The van der Waals surface area contributed by atoms with Gasteiger partial charge in [0.2, 0.25) is 10.0 Å². The van der Waals surface area contributed by atoms with E-state index in [-0.39, 0.29) is 10.6 Å². The average molecular weight is 468 g/mol. The molecule has 2 aromatic heterocycles. The fourth-order valence-electron chi connectivity index (χ4n) is 4.00. The molecule has 0 aliphatic rings. The maximum absolute atomic E-state index is 12.4. The summed E-state index contributed by atoms with van der Waals surface area (Å²) >= 11 is 0. The van der Waals surface area contributed by atoms with E-state index in [9.17, 15) is 13.5 Å². The van der Waals surface area contributed by atoms with Crippen molar-refractivity contribution in [3.05, 3.63) is 54.4 Å². The number of aromatic nitrogens is 3. The summed E-state index contributed by atoms with van der Waals surface area (Å²) in [5.41, 5.74) is 8.44. The highest BCUT2D eigenvalue weighted by atomic mass is 32.2. The van der Waals surface area contributed by atoms with Gasteiger partial charge in [-0.15, -0.1) is 0 Å². The number of phenols is 1. The molecule has 2 aromatic carbocycles. The van der Waals surface area contributed by atoms with Gasteiger partial charge in [-0.2, -0.15) is 0 Å². The number of hydrogen-bond donors (Lipinski definition) is 3. The Morgan fingerprint density at radius 1 is 1.06 bits per heavy atom. The zero-order valence-electron chi connectivity index (χ0n) is 18.7. The molecule has 0 saturated heterocycles. The van der Waals surface area contributed by atoms with E-state index in [4.69, 9.17) is 10.7 Å². The van der Waals surface area contributed by atoms with Crippen LogP contribution in [0.1, 0.15) is 38.4 Å². The summed E-state index contributed by atoms with van der Waals surface area (Å²) in [5, 5.41) is 10.9. The summed E-state index contributed by atoms with van der Waals surface area (Å²) in [6.07, 6.45) is 4.27. The highest BCUT2D eigenvalue weighted by Gasteiger charge is 2.18. The number of nitrogens with zero attached hydrogens (tertiary/aromatic N) is 3. The Morgan fingerprint density at radius 3 is 2.61 bits per heavy atom. The van der Waals surface area contributed by atoms with Gasteiger partial charge in [-0.05, 0) is 49.6 Å². The minimum absolute atomic E-state index is 0.161. The van der Waals surface area contributed by atoms with Crippen LogP contribution in [-0.2, 0) is 23.0 Å². The molecule has 0 fully saturated rings. The summed E-state index contributed by atoms with van der Waals surface area (Å²) in [5.74, 6) is 1.46. The van der Waals surface area contributed by atoms with Crippen LogP contribution >= 0.6 is 0 Å². The Bertz CT molecular complexity index is 1370. The number of sulfonamides is 1. The minimum Gasteiger partial charge on any atom is -0.508 e. The Morgan fingerprint density at radius 2 is 1.85 bits per heavy atom. The van der Waals surface area contributed by atoms with E-state index in [1.165, 1.54) is 0 Å². The predicted octanol–water partition coefficient (Wildman–Crippen LogP) is 3.97. The maximum Gasteiger partial charge on any atom is 0.240 e. The van der Waals surface area contributed by atoms with Crippen LogP contribution in [0.5, 0.6) is 5.75 Å². The van der Waals surface area contributed by atoms with Crippen LogP contribution in [0.25, 0.3) is 21.9 Å². The van der Waals surface area contributed by atoms with E-state index >= 15 is 0 Å². The standard InChI is InChI=1S/C24H29N5O3S/c1-2-3-11-21-28-22-23(19-16-17(30)12-13-20(19)27-24(22)25)29(21)15-8-7-14-26-33(31,32)18-9-5-4-6-10-18/h4-6,9-10,12-13,16,26,30H,2-3,7-8,11,14-15H2,1H3,(H2,25,27). The highest BCUT2D eigenvalue weighted by molar-refractivity contribution is 7.89. The molecular weight excluding hydrogens is 438 g/mol. The number of nitrogens with two attached hydrogens (primary N) is 1. The molecule has 0 bridgehead atoms. The first-order valence-corrected chi connectivity index (χ1v) is 12.7. The van der Waals surface area contributed by atoms with Gasteiger partial charge in [0.15, 0.2) is 5.82 Å². The lowest BCUT2D eigenvalue weighted by Gasteiger charge is -2.12. The van der Waals surface area contributed by atoms with Crippen LogP contribution in [0.2, 0.25) is 0 Å². The first kappa shape index (κ1) is 23.0. The van der Waals surface area contributed by atoms with Gasteiger partial charge in [0.1, 0.15) is 17.1 Å². The van der Waals surface area contributed by atoms with Gasteiger partial charge < -0.3 is 15.4 Å².